The van der Waals surface area contributed by atoms with Gasteiger partial charge in [0.05, 0.1) is 18.7 Å². The molecule has 180 valence electrons. The summed E-state index contributed by atoms with van der Waals surface area (Å²) < 4.78 is 11.9. The van der Waals surface area contributed by atoms with Gasteiger partial charge < -0.3 is 19.0 Å². The molecule has 1 aliphatic rings. The highest BCUT2D eigenvalue weighted by atomic mass is 16.5. The summed E-state index contributed by atoms with van der Waals surface area (Å²) in [4.78, 5) is 41.5. The first-order chi connectivity index (χ1) is 16.4. The van der Waals surface area contributed by atoms with Crippen molar-refractivity contribution in [3.05, 3.63) is 64.1 Å². The molecular weight excluding hydrogens is 436 g/mol. The third kappa shape index (κ3) is 5.73. The molecule has 0 bridgehead atoms. The molecule has 9 heteroatoms. The van der Waals surface area contributed by atoms with Gasteiger partial charge in [-0.1, -0.05) is 12.1 Å². The van der Waals surface area contributed by atoms with Crippen LogP contribution in [0.25, 0.3) is 11.1 Å². The van der Waals surface area contributed by atoms with Gasteiger partial charge in [-0.2, -0.15) is 0 Å². The smallest absolute Gasteiger partial charge is 0.420 e. The number of benzene rings is 2. The third-order valence-corrected chi connectivity index (χ3v) is 6.03. The minimum atomic E-state index is -0.532. The molecule has 1 aliphatic heterocycles. The maximum Gasteiger partial charge on any atom is 0.420 e. The maximum atomic E-state index is 12.7. The first-order valence-corrected chi connectivity index (χ1v) is 11.5. The minimum Gasteiger partial charge on any atom is -0.450 e. The standard InChI is InChI=1S/C25H30N4O5/c1-3-33-24(31)26-20-6-4-5-18(15-20)17-29-21-8-7-19(16-23(21)34-25(29)32)22(30)9-10-28-13-11-27(2)12-14-28/h4-8,15-16H,3,9-14,17H2,1-2H3,(H,26,31). The molecule has 0 saturated carbocycles. The average molecular weight is 467 g/mol. The number of amides is 1. The Kier molecular flexibility index (Phi) is 7.44. The summed E-state index contributed by atoms with van der Waals surface area (Å²) in [6.45, 7) is 6.98. The number of piperazine rings is 1. The Morgan fingerprint density at radius 2 is 1.88 bits per heavy atom. The first-order valence-electron chi connectivity index (χ1n) is 11.5. The predicted octanol–water partition coefficient (Wildman–Crippen LogP) is 3.03. The molecule has 0 unspecified atom stereocenters. The van der Waals surface area contributed by atoms with Crippen LogP contribution in [0, 0.1) is 0 Å². The van der Waals surface area contributed by atoms with Crippen molar-refractivity contribution in [1.29, 1.82) is 0 Å². The average Bonchev–Trinajstić information content (AvgIpc) is 3.13. The topological polar surface area (TPSA) is 97.0 Å². The molecule has 1 amide bonds. The molecule has 1 N–H and O–H groups in total. The highest BCUT2D eigenvalue weighted by Gasteiger charge is 2.17. The summed E-state index contributed by atoms with van der Waals surface area (Å²) in [6, 6.07) is 12.3. The Balaban J connectivity index is 1.45. The molecule has 34 heavy (non-hydrogen) atoms. The van der Waals surface area contributed by atoms with Crippen molar-refractivity contribution in [3.63, 3.8) is 0 Å². The van der Waals surface area contributed by atoms with Crippen molar-refractivity contribution in [1.82, 2.24) is 14.4 Å². The second kappa shape index (κ2) is 10.7. The lowest BCUT2D eigenvalue weighted by molar-refractivity contribution is 0.0941. The van der Waals surface area contributed by atoms with Gasteiger partial charge in [0.15, 0.2) is 11.4 Å². The summed E-state index contributed by atoms with van der Waals surface area (Å²) in [7, 11) is 2.11. The van der Waals surface area contributed by atoms with Crippen LogP contribution < -0.4 is 11.1 Å². The van der Waals surface area contributed by atoms with Crippen molar-refractivity contribution in [3.8, 4) is 0 Å². The molecule has 9 nitrogen and oxygen atoms in total. The van der Waals surface area contributed by atoms with Gasteiger partial charge in [0.25, 0.3) is 0 Å². The zero-order valence-electron chi connectivity index (χ0n) is 19.6. The number of Topliss-reactive ketones (excluding diaryl/α,β-unsaturated/α-hetero) is 1. The summed E-state index contributed by atoms with van der Waals surface area (Å²) in [6.07, 6.45) is -0.101. The van der Waals surface area contributed by atoms with E-state index in [4.69, 9.17) is 9.15 Å². The third-order valence-electron chi connectivity index (χ3n) is 6.03. The van der Waals surface area contributed by atoms with Crippen LogP contribution in [-0.2, 0) is 11.3 Å². The number of oxazole rings is 1. The molecule has 0 aliphatic carbocycles. The molecule has 0 spiro atoms. The number of nitrogens with one attached hydrogen (secondary N) is 1. The zero-order valence-corrected chi connectivity index (χ0v) is 19.6. The largest absolute Gasteiger partial charge is 0.450 e. The van der Waals surface area contributed by atoms with Crippen LogP contribution in [0.15, 0.2) is 51.7 Å². The fourth-order valence-corrected chi connectivity index (χ4v) is 4.08. The van der Waals surface area contributed by atoms with Crippen LogP contribution in [0.4, 0.5) is 10.5 Å². The number of hydrogen-bond donors (Lipinski definition) is 1. The van der Waals surface area contributed by atoms with Gasteiger partial charge in [-0.25, -0.2) is 9.59 Å². The van der Waals surface area contributed by atoms with E-state index in [1.165, 1.54) is 4.57 Å². The van der Waals surface area contributed by atoms with Crippen molar-refractivity contribution in [2.45, 2.75) is 19.9 Å². The van der Waals surface area contributed by atoms with E-state index in [2.05, 4.69) is 22.2 Å². The van der Waals surface area contributed by atoms with Crippen LogP contribution in [0.1, 0.15) is 29.3 Å². The molecule has 2 aromatic carbocycles. The lowest BCUT2D eigenvalue weighted by Gasteiger charge is -2.32. The predicted molar refractivity (Wildman–Crippen MR) is 130 cm³/mol. The van der Waals surface area contributed by atoms with E-state index >= 15 is 0 Å². The van der Waals surface area contributed by atoms with Gasteiger partial charge in [-0.3, -0.25) is 14.7 Å². The number of fused-ring (bicyclic) bond motifs is 1. The van der Waals surface area contributed by atoms with Gasteiger partial charge >= 0.3 is 11.8 Å². The Labute approximate surface area is 197 Å². The molecule has 0 atom stereocenters. The number of rotatable bonds is 8. The molecule has 1 aromatic heterocycles. The number of ether oxygens (including phenoxy) is 1. The maximum absolute atomic E-state index is 12.7. The second-order valence-corrected chi connectivity index (χ2v) is 8.50. The van der Waals surface area contributed by atoms with Gasteiger partial charge in [0.2, 0.25) is 0 Å². The van der Waals surface area contributed by atoms with E-state index < -0.39 is 11.8 Å². The van der Waals surface area contributed by atoms with E-state index in [0.717, 1.165) is 38.3 Å². The molecule has 0 radical (unpaired) electrons. The number of carbonyl (C=O) groups excluding carboxylic acids is 2. The van der Waals surface area contributed by atoms with Crippen LogP contribution in [-0.4, -0.2) is 72.6 Å². The number of likely N-dealkylation sites (N-methyl/N-ethyl adjacent to an activating group) is 1. The fraction of sp³-hybridized carbons (Fsp3) is 0.400. The number of aromatic nitrogens is 1. The lowest BCUT2D eigenvalue weighted by Crippen LogP contribution is -2.45. The van der Waals surface area contributed by atoms with Crippen LogP contribution in [0.5, 0.6) is 0 Å². The SMILES string of the molecule is CCOC(=O)Nc1cccc(Cn2c(=O)oc3cc(C(=O)CCN4CCN(C)CC4)ccc32)c1. The van der Waals surface area contributed by atoms with Crippen molar-refractivity contribution in [2.24, 2.45) is 0 Å². The highest BCUT2D eigenvalue weighted by molar-refractivity contribution is 5.98. The highest BCUT2D eigenvalue weighted by Crippen LogP contribution is 2.19. The number of ketones is 1. The number of hydrogen-bond acceptors (Lipinski definition) is 7. The van der Waals surface area contributed by atoms with Crippen LogP contribution in [0.2, 0.25) is 0 Å². The number of anilines is 1. The van der Waals surface area contributed by atoms with Gasteiger partial charge in [0, 0.05) is 50.4 Å². The fourth-order valence-electron chi connectivity index (χ4n) is 4.08. The molecule has 1 fully saturated rings. The molecule has 1 saturated heterocycles. The van der Waals surface area contributed by atoms with Gasteiger partial charge in [-0.15, -0.1) is 0 Å². The minimum absolute atomic E-state index is 0.0361. The van der Waals surface area contributed by atoms with E-state index in [1.54, 1.807) is 43.3 Å². The van der Waals surface area contributed by atoms with Crippen molar-refractivity contribution in [2.75, 3.05) is 51.7 Å². The first kappa shape index (κ1) is 23.7. The van der Waals surface area contributed by atoms with E-state index in [-0.39, 0.29) is 18.9 Å². The van der Waals surface area contributed by atoms with Crippen molar-refractivity contribution < 1.29 is 18.7 Å². The Bertz CT molecular complexity index is 1220. The molecule has 2 heterocycles. The lowest BCUT2D eigenvalue weighted by atomic mass is 10.1. The second-order valence-electron chi connectivity index (χ2n) is 8.50. The van der Waals surface area contributed by atoms with E-state index in [1.807, 2.05) is 6.07 Å². The van der Waals surface area contributed by atoms with Gasteiger partial charge in [0.1, 0.15) is 0 Å². The summed E-state index contributed by atoms with van der Waals surface area (Å²) in [5, 5.41) is 2.66. The zero-order chi connectivity index (χ0) is 24.1. The summed E-state index contributed by atoms with van der Waals surface area (Å²) in [5.74, 6) is -0.463. The van der Waals surface area contributed by atoms with E-state index in [0.29, 0.717) is 28.8 Å². The molecule has 4 rings (SSSR count). The normalized spacial score (nSPS) is 14.9. The Morgan fingerprint density at radius 3 is 2.65 bits per heavy atom. The van der Waals surface area contributed by atoms with Crippen molar-refractivity contribution >= 4 is 28.7 Å². The van der Waals surface area contributed by atoms with E-state index in [9.17, 15) is 14.4 Å². The Hall–Kier alpha value is -3.43. The quantitative estimate of drug-likeness (QED) is 0.510. The summed E-state index contributed by atoms with van der Waals surface area (Å²) >= 11 is 0. The number of carbonyl (C=O) groups is 2. The van der Waals surface area contributed by atoms with Gasteiger partial charge in [-0.05, 0) is 49.9 Å². The summed E-state index contributed by atoms with van der Waals surface area (Å²) in [5.41, 5.74) is 2.93. The molecule has 3 aromatic rings. The van der Waals surface area contributed by atoms with Crippen LogP contribution in [0.3, 0.4) is 0 Å². The molecular formula is C25H30N4O5. The van der Waals surface area contributed by atoms with Crippen LogP contribution >= 0.6 is 0 Å². The Morgan fingerprint density at radius 1 is 1.09 bits per heavy atom. The number of nitrogens with zero attached hydrogens (tertiary/aromatic N) is 3. The monoisotopic (exact) mass is 466 g/mol.